The lowest BCUT2D eigenvalue weighted by atomic mass is 10.1. The number of rotatable bonds is 5. The molecule has 2 aromatic rings. The van der Waals surface area contributed by atoms with Crippen LogP contribution >= 0.6 is 23.2 Å². The summed E-state index contributed by atoms with van der Waals surface area (Å²) in [5.74, 6) is -1.10. The van der Waals surface area contributed by atoms with Crippen molar-refractivity contribution in [3.05, 3.63) is 58.1 Å². The van der Waals surface area contributed by atoms with Crippen LogP contribution in [0.4, 0.5) is 10.5 Å². The molecule has 24 heavy (non-hydrogen) atoms. The minimum absolute atomic E-state index is 0.0668. The van der Waals surface area contributed by atoms with E-state index in [2.05, 4.69) is 10.6 Å². The second kappa shape index (κ2) is 7.90. The summed E-state index contributed by atoms with van der Waals surface area (Å²) in [4.78, 5) is 23.3. The third kappa shape index (κ3) is 5.04. The zero-order valence-corrected chi connectivity index (χ0v) is 13.8. The van der Waals surface area contributed by atoms with Crippen LogP contribution in [0.3, 0.4) is 0 Å². The van der Waals surface area contributed by atoms with Crippen molar-refractivity contribution in [2.45, 2.75) is 12.5 Å². The van der Waals surface area contributed by atoms with Gasteiger partial charge in [0.1, 0.15) is 11.8 Å². The average molecular weight is 369 g/mol. The van der Waals surface area contributed by atoms with Gasteiger partial charge in [0.2, 0.25) is 0 Å². The quantitative estimate of drug-likeness (QED) is 0.648. The molecule has 0 saturated carbocycles. The number of carboxylic acid groups (broad SMARTS) is 1. The molecule has 1 unspecified atom stereocenters. The van der Waals surface area contributed by atoms with Crippen LogP contribution in [0.1, 0.15) is 5.56 Å². The summed E-state index contributed by atoms with van der Waals surface area (Å²) in [6.07, 6.45) is 0.0668. The fourth-order valence-corrected chi connectivity index (χ4v) is 2.43. The highest BCUT2D eigenvalue weighted by Crippen LogP contribution is 2.25. The fourth-order valence-electron chi connectivity index (χ4n) is 1.98. The largest absolute Gasteiger partial charge is 0.508 e. The molecule has 1 atom stereocenters. The predicted molar refractivity (Wildman–Crippen MR) is 91.9 cm³/mol. The van der Waals surface area contributed by atoms with Crippen LogP contribution in [0.25, 0.3) is 0 Å². The lowest BCUT2D eigenvalue weighted by Crippen LogP contribution is -2.44. The van der Waals surface area contributed by atoms with Crippen LogP contribution in [0.5, 0.6) is 5.75 Å². The number of urea groups is 1. The minimum atomic E-state index is -1.18. The zero-order chi connectivity index (χ0) is 17.7. The number of phenolic OH excluding ortho intramolecular Hbond substituents is 1. The number of carboxylic acids is 1. The Morgan fingerprint density at radius 1 is 1.08 bits per heavy atom. The van der Waals surface area contributed by atoms with Gasteiger partial charge in [0.05, 0.1) is 10.7 Å². The van der Waals surface area contributed by atoms with E-state index in [1.165, 1.54) is 24.3 Å². The number of hydrogen-bond donors (Lipinski definition) is 4. The molecule has 0 aliphatic heterocycles. The predicted octanol–water partition coefficient (Wildman–Crippen LogP) is 3.52. The van der Waals surface area contributed by atoms with E-state index in [-0.39, 0.29) is 17.2 Å². The Bertz CT molecular complexity index is 750. The van der Waals surface area contributed by atoms with Crippen LogP contribution in [0, 0.1) is 0 Å². The lowest BCUT2D eigenvalue weighted by molar-refractivity contribution is -0.139. The van der Waals surface area contributed by atoms with Crippen LogP contribution in [0.2, 0.25) is 10.0 Å². The van der Waals surface area contributed by atoms with Crippen molar-refractivity contribution in [1.82, 2.24) is 5.32 Å². The molecule has 0 aliphatic carbocycles. The summed E-state index contributed by atoms with van der Waals surface area (Å²) in [5.41, 5.74) is 0.970. The summed E-state index contributed by atoms with van der Waals surface area (Å²) in [6, 6.07) is 8.75. The van der Waals surface area contributed by atoms with E-state index < -0.39 is 18.0 Å². The summed E-state index contributed by atoms with van der Waals surface area (Å²) < 4.78 is 0. The molecule has 0 spiro atoms. The number of carbonyl (C=O) groups excluding carboxylic acids is 1. The third-order valence-corrected chi connectivity index (χ3v) is 3.71. The number of carbonyl (C=O) groups is 2. The molecule has 2 rings (SSSR count). The van der Waals surface area contributed by atoms with Gasteiger partial charge in [-0.2, -0.15) is 0 Å². The van der Waals surface area contributed by atoms with Crippen LogP contribution in [-0.4, -0.2) is 28.3 Å². The van der Waals surface area contributed by atoms with E-state index in [4.69, 9.17) is 23.2 Å². The maximum Gasteiger partial charge on any atom is 0.326 e. The summed E-state index contributed by atoms with van der Waals surface area (Å²) in [5, 5.41) is 24.0. The van der Waals surface area contributed by atoms with Gasteiger partial charge in [-0.3, -0.25) is 0 Å². The van der Waals surface area contributed by atoms with E-state index >= 15 is 0 Å². The molecule has 0 fully saturated rings. The number of benzene rings is 2. The number of anilines is 1. The van der Waals surface area contributed by atoms with Gasteiger partial charge < -0.3 is 20.8 Å². The van der Waals surface area contributed by atoms with Crippen LogP contribution in [0.15, 0.2) is 42.5 Å². The molecule has 0 aliphatic rings. The van der Waals surface area contributed by atoms with Crippen molar-refractivity contribution in [3.63, 3.8) is 0 Å². The SMILES string of the molecule is O=C(Nc1ccc(Cl)cc1Cl)NC(Cc1ccc(O)cc1)C(=O)O. The number of halogens is 2. The van der Waals surface area contributed by atoms with Crippen LogP contribution in [-0.2, 0) is 11.2 Å². The summed E-state index contributed by atoms with van der Waals surface area (Å²) >= 11 is 11.7. The highest BCUT2D eigenvalue weighted by molar-refractivity contribution is 6.36. The topological polar surface area (TPSA) is 98.7 Å². The van der Waals surface area contributed by atoms with Crippen molar-refractivity contribution in [1.29, 1.82) is 0 Å². The maximum absolute atomic E-state index is 12.0. The maximum atomic E-state index is 12.0. The summed E-state index contributed by atoms with van der Waals surface area (Å²) in [7, 11) is 0. The molecule has 0 saturated heterocycles. The van der Waals surface area contributed by atoms with Crippen molar-refractivity contribution >= 4 is 40.9 Å². The van der Waals surface area contributed by atoms with Gasteiger partial charge in [-0.05, 0) is 35.9 Å². The second-order valence-electron chi connectivity index (χ2n) is 4.98. The van der Waals surface area contributed by atoms with E-state index in [9.17, 15) is 19.8 Å². The Hall–Kier alpha value is -2.44. The molecule has 2 aromatic carbocycles. The molecule has 8 heteroatoms. The monoisotopic (exact) mass is 368 g/mol. The standard InChI is InChI=1S/C16H14Cl2N2O4/c17-10-3-6-13(12(18)8-10)19-16(24)20-14(15(22)23)7-9-1-4-11(21)5-2-9/h1-6,8,14,21H,7H2,(H,22,23)(H2,19,20,24). The second-order valence-corrected chi connectivity index (χ2v) is 5.83. The van der Waals surface area contributed by atoms with Gasteiger partial charge in [0, 0.05) is 11.4 Å². The Morgan fingerprint density at radius 2 is 1.75 bits per heavy atom. The molecule has 126 valence electrons. The van der Waals surface area contributed by atoms with Gasteiger partial charge in [-0.15, -0.1) is 0 Å². The first-order valence-corrected chi connectivity index (χ1v) is 7.64. The summed E-state index contributed by atoms with van der Waals surface area (Å²) in [6.45, 7) is 0. The number of amides is 2. The molecular weight excluding hydrogens is 355 g/mol. The fraction of sp³-hybridized carbons (Fsp3) is 0.125. The molecular formula is C16H14Cl2N2O4. The third-order valence-electron chi connectivity index (χ3n) is 3.16. The number of aliphatic carboxylic acids is 1. The van der Waals surface area contributed by atoms with E-state index in [1.54, 1.807) is 18.2 Å². The lowest BCUT2D eigenvalue weighted by Gasteiger charge is -2.16. The Morgan fingerprint density at radius 3 is 2.33 bits per heavy atom. The highest BCUT2D eigenvalue weighted by Gasteiger charge is 2.21. The molecule has 6 nitrogen and oxygen atoms in total. The normalized spacial score (nSPS) is 11.6. The number of phenols is 1. The zero-order valence-electron chi connectivity index (χ0n) is 12.3. The van der Waals surface area contributed by atoms with Crippen LogP contribution < -0.4 is 10.6 Å². The Labute approximate surface area is 148 Å². The smallest absolute Gasteiger partial charge is 0.326 e. The van der Waals surface area contributed by atoms with Crippen molar-refractivity contribution < 1.29 is 19.8 Å². The van der Waals surface area contributed by atoms with Gasteiger partial charge >= 0.3 is 12.0 Å². The highest BCUT2D eigenvalue weighted by atomic mass is 35.5. The Balaban J connectivity index is 2.02. The molecule has 0 bridgehead atoms. The van der Waals surface area contributed by atoms with Crippen molar-refractivity contribution in [3.8, 4) is 5.75 Å². The van der Waals surface area contributed by atoms with E-state index in [1.807, 2.05) is 0 Å². The molecule has 0 aromatic heterocycles. The average Bonchev–Trinajstić information content (AvgIpc) is 2.51. The number of aromatic hydroxyl groups is 1. The Kier molecular flexibility index (Phi) is 5.89. The first-order chi connectivity index (χ1) is 11.3. The van der Waals surface area contributed by atoms with Gasteiger partial charge in [-0.1, -0.05) is 35.3 Å². The number of nitrogens with one attached hydrogen (secondary N) is 2. The first-order valence-electron chi connectivity index (χ1n) is 6.88. The minimum Gasteiger partial charge on any atom is -0.508 e. The van der Waals surface area contributed by atoms with Crippen molar-refractivity contribution in [2.24, 2.45) is 0 Å². The van der Waals surface area contributed by atoms with Gasteiger partial charge in [0.25, 0.3) is 0 Å². The van der Waals surface area contributed by atoms with Crippen molar-refractivity contribution in [2.75, 3.05) is 5.32 Å². The van der Waals surface area contributed by atoms with E-state index in [0.717, 1.165) is 0 Å². The molecule has 4 N–H and O–H groups in total. The van der Waals surface area contributed by atoms with E-state index in [0.29, 0.717) is 16.3 Å². The molecule has 2 amide bonds. The number of hydrogen-bond acceptors (Lipinski definition) is 3. The first kappa shape index (κ1) is 17.9. The molecule has 0 heterocycles. The molecule has 0 radical (unpaired) electrons. The van der Waals surface area contributed by atoms with Gasteiger partial charge in [-0.25, -0.2) is 9.59 Å². The van der Waals surface area contributed by atoms with Gasteiger partial charge in [0.15, 0.2) is 0 Å².